The largest absolute Gasteiger partial charge is 0.313 e. The van der Waals surface area contributed by atoms with Crippen molar-refractivity contribution in [1.82, 2.24) is 4.98 Å². The van der Waals surface area contributed by atoms with Crippen molar-refractivity contribution in [2.75, 3.05) is 11.9 Å². The second kappa shape index (κ2) is 7.21. The number of aromatic nitrogens is 1. The molecule has 4 nitrogen and oxygen atoms in total. The summed E-state index contributed by atoms with van der Waals surface area (Å²) in [6, 6.07) is 8.77. The average Bonchev–Trinajstić information content (AvgIpc) is 2.64. The Kier molecular flexibility index (Phi) is 4.97. The minimum atomic E-state index is -0.382. The first-order valence-electron chi connectivity index (χ1n) is 9.99. The van der Waals surface area contributed by atoms with Gasteiger partial charge < -0.3 is 4.90 Å². The highest BCUT2D eigenvalue weighted by atomic mass is 35.5. The van der Waals surface area contributed by atoms with Crippen LogP contribution in [0.15, 0.2) is 36.5 Å². The Labute approximate surface area is 175 Å². The number of carbonyl (C=O) groups is 2. The molecule has 1 heterocycles. The molecule has 1 aromatic carbocycles. The zero-order valence-electron chi connectivity index (χ0n) is 16.7. The van der Waals surface area contributed by atoms with Gasteiger partial charge in [0.1, 0.15) is 16.8 Å². The van der Waals surface area contributed by atoms with E-state index in [-0.39, 0.29) is 22.6 Å². The zero-order valence-corrected chi connectivity index (χ0v) is 17.4. The summed E-state index contributed by atoms with van der Waals surface area (Å²) in [5, 5.41) is 0.449. The van der Waals surface area contributed by atoms with Gasteiger partial charge in [-0.05, 0) is 60.4 Å². The fraction of sp³-hybridized carbons (Fsp3) is 0.435. The lowest BCUT2D eigenvalue weighted by Gasteiger charge is -2.70. The van der Waals surface area contributed by atoms with Gasteiger partial charge in [-0.2, -0.15) is 0 Å². The molecule has 0 aliphatic heterocycles. The van der Waals surface area contributed by atoms with Crippen LogP contribution in [0.25, 0.3) is 0 Å². The van der Waals surface area contributed by atoms with Crippen LogP contribution in [-0.4, -0.2) is 23.7 Å². The molecule has 3 aliphatic rings. The maximum atomic E-state index is 14.6. The molecule has 3 aliphatic carbocycles. The smallest absolute Gasteiger partial charge is 0.226 e. The van der Waals surface area contributed by atoms with E-state index in [4.69, 9.17) is 11.6 Å². The van der Waals surface area contributed by atoms with E-state index in [1.54, 1.807) is 38.4 Å². The molecule has 2 aromatic rings. The van der Waals surface area contributed by atoms with E-state index < -0.39 is 0 Å². The molecule has 152 valence electrons. The number of hydrogen-bond donors (Lipinski definition) is 0. The molecule has 29 heavy (non-hydrogen) atoms. The molecule has 0 unspecified atom stereocenters. The van der Waals surface area contributed by atoms with Crippen LogP contribution in [0.4, 0.5) is 10.1 Å². The number of ketones is 1. The van der Waals surface area contributed by atoms with Gasteiger partial charge in [0.2, 0.25) is 5.91 Å². The number of pyridine rings is 1. The number of anilines is 1. The van der Waals surface area contributed by atoms with Gasteiger partial charge in [0.25, 0.3) is 0 Å². The van der Waals surface area contributed by atoms with Crippen LogP contribution < -0.4 is 4.90 Å². The highest BCUT2D eigenvalue weighted by Crippen LogP contribution is 2.74. The summed E-state index contributed by atoms with van der Waals surface area (Å²) in [5.74, 6) is -0.213. The third kappa shape index (κ3) is 3.35. The number of amides is 1. The van der Waals surface area contributed by atoms with Gasteiger partial charge in [-0.1, -0.05) is 30.7 Å². The van der Waals surface area contributed by atoms with Crippen molar-refractivity contribution in [3.05, 3.63) is 58.6 Å². The first kappa shape index (κ1) is 20.0. The minimum Gasteiger partial charge on any atom is -0.313 e. The number of carbonyl (C=O) groups excluding carboxylic acids is 2. The Bertz CT molecular complexity index is 954. The number of nitrogens with zero attached hydrogens (tertiary/aromatic N) is 2. The van der Waals surface area contributed by atoms with E-state index >= 15 is 0 Å². The Morgan fingerprint density at radius 1 is 1.21 bits per heavy atom. The monoisotopic (exact) mass is 414 g/mol. The van der Waals surface area contributed by atoms with E-state index in [0.29, 0.717) is 35.9 Å². The van der Waals surface area contributed by atoms with Gasteiger partial charge in [-0.3, -0.25) is 9.59 Å². The van der Waals surface area contributed by atoms with Crippen LogP contribution in [0.2, 0.25) is 5.15 Å². The van der Waals surface area contributed by atoms with Gasteiger partial charge in [-0.25, -0.2) is 9.37 Å². The predicted molar refractivity (Wildman–Crippen MR) is 111 cm³/mol. The molecule has 3 fully saturated rings. The lowest BCUT2D eigenvalue weighted by Crippen LogP contribution is -2.67. The maximum Gasteiger partial charge on any atom is 0.226 e. The SMILES string of the molecule is CCC(=O)N(C)c1ccc(C23CC(C(=O)CCc4ccc(Cl)nc4)(C2)C3)cc1F. The minimum absolute atomic E-state index is 0.0792. The first-order chi connectivity index (χ1) is 13.8. The third-order valence-electron chi connectivity index (χ3n) is 6.65. The van der Waals surface area contributed by atoms with E-state index in [0.717, 1.165) is 30.4 Å². The van der Waals surface area contributed by atoms with E-state index in [1.165, 1.54) is 4.90 Å². The van der Waals surface area contributed by atoms with Crippen LogP contribution in [0.1, 0.15) is 50.2 Å². The van der Waals surface area contributed by atoms with Crippen molar-refractivity contribution in [3.8, 4) is 0 Å². The Morgan fingerprint density at radius 2 is 1.93 bits per heavy atom. The van der Waals surface area contributed by atoms with Crippen LogP contribution >= 0.6 is 11.6 Å². The highest BCUT2D eigenvalue weighted by Gasteiger charge is 2.71. The van der Waals surface area contributed by atoms with Gasteiger partial charge in [-0.15, -0.1) is 0 Å². The fourth-order valence-electron chi connectivity index (χ4n) is 4.95. The Hall–Kier alpha value is -2.27. The van der Waals surface area contributed by atoms with Crippen LogP contribution in [-0.2, 0) is 21.4 Å². The lowest BCUT2D eigenvalue weighted by atomic mass is 9.32. The molecular formula is C23H24ClFN2O2. The summed E-state index contributed by atoms with van der Waals surface area (Å²) in [4.78, 5) is 30.0. The Morgan fingerprint density at radius 3 is 2.52 bits per heavy atom. The van der Waals surface area contributed by atoms with Crippen molar-refractivity contribution in [1.29, 1.82) is 0 Å². The molecule has 5 rings (SSSR count). The quantitative estimate of drug-likeness (QED) is 0.607. The summed E-state index contributed by atoms with van der Waals surface area (Å²) in [6.45, 7) is 1.76. The van der Waals surface area contributed by atoms with Gasteiger partial charge in [0.15, 0.2) is 0 Å². The molecular weight excluding hydrogens is 391 g/mol. The molecule has 2 bridgehead atoms. The third-order valence-corrected chi connectivity index (χ3v) is 6.87. The lowest BCUT2D eigenvalue weighted by molar-refractivity contribution is -0.173. The van der Waals surface area contributed by atoms with Crippen molar-refractivity contribution in [3.63, 3.8) is 0 Å². The van der Waals surface area contributed by atoms with Gasteiger partial charge in [0, 0.05) is 31.5 Å². The van der Waals surface area contributed by atoms with E-state index in [9.17, 15) is 14.0 Å². The normalized spacial score (nSPS) is 24.4. The summed E-state index contributed by atoms with van der Waals surface area (Å²) < 4.78 is 14.6. The van der Waals surface area contributed by atoms with Crippen molar-refractivity contribution in [2.24, 2.45) is 5.41 Å². The maximum absolute atomic E-state index is 14.6. The standard InChI is InChI=1S/C23H24ClFN2O2/c1-3-21(29)27(2)18-7-6-16(10-17(18)25)22-12-23(13-22,14-22)19(28)8-4-15-5-9-20(24)26-11-15/h5-7,9-11H,3-4,8,12-14H2,1-2H3. The van der Waals surface area contributed by atoms with Gasteiger partial charge in [0.05, 0.1) is 5.69 Å². The second-order valence-electron chi connectivity index (χ2n) is 8.48. The molecule has 0 N–H and O–H groups in total. The van der Waals surface area contributed by atoms with Crippen LogP contribution in [0, 0.1) is 11.2 Å². The van der Waals surface area contributed by atoms with Crippen molar-refractivity contribution in [2.45, 2.75) is 50.9 Å². The van der Waals surface area contributed by atoms with Gasteiger partial charge >= 0.3 is 0 Å². The molecule has 0 spiro atoms. The fourth-order valence-corrected chi connectivity index (χ4v) is 5.06. The number of halogens is 2. The van der Waals surface area contributed by atoms with Crippen LogP contribution in [0.3, 0.4) is 0 Å². The number of hydrogen-bond acceptors (Lipinski definition) is 3. The predicted octanol–water partition coefficient (Wildman–Crippen LogP) is 4.87. The molecule has 0 saturated heterocycles. The number of aryl methyl sites for hydroxylation is 1. The summed E-state index contributed by atoms with van der Waals surface area (Å²) >= 11 is 5.80. The molecule has 0 atom stereocenters. The van der Waals surface area contributed by atoms with Crippen molar-refractivity contribution < 1.29 is 14.0 Å². The number of Topliss-reactive ketones (excluding diaryl/α,β-unsaturated/α-hetero) is 1. The van der Waals surface area contributed by atoms with Crippen molar-refractivity contribution >= 4 is 29.0 Å². The molecule has 3 saturated carbocycles. The number of rotatable bonds is 7. The summed E-state index contributed by atoms with van der Waals surface area (Å²) in [7, 11) is 1.59. The summed E-state index contributed by atoms with van der Waals surface area (Å²) in [5.41, 5.74) is 1.93. The first-order valence-corrected chi connectivity index (χ1v) is 10.4. The molecule has 1 amide bonds. The highest BCUT2D eigenvalue weighted by molar-refractivity contribution is 6.29. The summed E-state index contributed by atoms with van der Waals surface area (Å²) in [6.07, 6.45) is 5.58. The average molecular weight is 415 g/mol. The second-order valence-corrected chi connectivity index (χ2v) is 8.86. The van der Waals surface area contributed by atoms with E-state index in [1.807, 2.05) is 12.1 Å². The zero-order chi connectivity index (χ0) is 20.8. The number of benzene rings is 1. The topological polar surface area (TPSA) is 50.3 Å². The molecule has 1 aromatic heterocycles. The molecule has 0 radical (unpaired) electrons. The Balaban J connectivity index is 1.38. The van der Waals surface area contributed by atoms with Crippen LogP contribution in [0.5, 0.6) is 0 Å². The van der Waals surface area contributed by atoms with E-state index in [2.05, 4.69) is 4.98 Å². The molecule has 6 heteroatoms.